The zero-order chi connectivity index (χ0) is 13.2. The summed E-state index contributed by atoms with van der Waals surface area (Å²) in [5.41, 5.74) is 0. The Morgan fingerprint density at radius 1 is 1.22 bits per heavy atom. The molecule has 1 aliphatic heterocycles. The highest BCUT2D eigenvalue weighted by Gasteiger charge is 2.24. The fourth-order valence-electron chi connectivity index (χ4n) is 1.88. The molecule has 1 aromatic heterocycles. The summed E-state index contributed by atoms with van der Waals surface area (Å²) < 4.78 is 24.3. The summed E-state index contributed by atoms with van der Waals surface area (Å²) in [6.45, 7) is 2.25. The molecule has 0 aliphatic carbocycles. The molecule has 2 rings (SSSR count). The van der Waals surface area contributed by atoms with E-state index in [1.165, 1.54) is 10.6 Å². The van der Waals surface area contributed by atoms with E-state index in [4.69, 9.17) is 0 Å². The lowest BCUT2D eigenvalue weighted by atomic mass is 10.3. The first-order valence-electron chi connectivity index (χ1n) is 5.70. The Labute approximate surface area is 107 Å². The number of piperazine rings is 1. The zero-order valence-corrected chi connectivity index (χ0v) is 11.3. The Hall–Kier alpha value is -1.41. The van der Waals surface area contributed by atoms with Crippen molar-refractivity contribution in [1.29, 1.82) is 0 Å². The van der Waals surface area contributed by atoms with Gasteiger partial charge in [-0.1, -0.05) is 0 Å². The molecule has 8 heteroatoms. The average molecular weight is 271 g/mol. The van der Waals surface area contributed by atoms with E-state index in [1.54, 1.807) is 19.4 Å². The molecular formula is C10H17N5O2S. The molecule has 0 spiro atoms. The lowest BCUT2D eigenvalue weighted by Gasteiger charge is -2.33. The predicted molar refractivity (Wildman–Crippen MR) is 70.2 cm³/mol. The molecule has 0 aromatic carbocycles. The number of sulfonamides is 1. The van der Waals surface area contributed by atoms with Crippen molar-refractivity contribution in [3.8, 4) is 0 Å². The average Bonchev–Trinajstić information content (AvgIpc) is 2.38. The summed E-state index contributed by atoms with van der Waals surface area (Å²) in [6.07, 6.45) is 4.58. The maximum absolute atomic E-state index is 11.4. The highest BCUT2D eigenvalue weighted by Crippen LogP contribution is 2.15. The quantitative estimate of drug-likeness (QED) is 0.806. The van der Waals surface area contributed by atoms with Gasteiger partial charge in [-0.25, -0.2) is 13.4 Å². The zero-order valence-electron chi connectivity index (χ0n) is 10.5. The summed E-state index contributed by atoms with van der Waals surface area (Å²) in [7, 11) is -1.30. The van der Waals surface area contributed by atoms with Crippen molar-refractivity contribution in [3.05, 3.63) is 12.4 Å². The first-order chi connectivity index (χ1) is 8.50. The van der Waals surface area contributed by atoms with Crippen LogP contribution in [0.5, 0.6) is 0 Å². The molecule has 18 heavy (non-hydrogen) atoms. The van der Waals surface area contributed by atoms with E-state index < -0.39 is 10.0 Å². The van der Waals surface area contributed by atoms with Gasteiger partial charge in [-0.2, -0.15) is 4.31 Å². The molecule has 0 unspecified atom stereocenters. The van der Waals surface area contributed by atoms with Crippen molar-refractivity contribution in [3.63, 3.8) is 0 Å². The van der Waals surface area contributed by atoms with E-state index in [9.17, 15) is 8.42 Å². The second-order valence-electron chi connectivity index (χ2n) is 4.16. The Kier molecular flexibility index (Phi) is 3.67. The fraction of sp³-hybridized carbons (Fsp3) is 0.600. The Bertz CT molecular complexity index is 511. The van der Waals surface area contributed by atoms with Crippen molar-refractivity contribution < 1.29 is 8.42 Å². The first-order valence-corrected chi connectivity index (χ1v) is 7.55. The predicted octanol–water partition coefficient (Wildman–Crippen LogP) is -0.400. The highest BCUT2D eigenvalue weighted by molar-refractivity contribution is 7.88. The number of aromatic nitrogens is 2. The molecule has 0 atom stereocenters. The summed E-state index contributed by atoms with van der Waals surface area (Å²) >= 11 is 0. The molecule has 1 N–H and O–H groups in total. The second kappa shape index (κ2) is 5.07. The Morgan fingerprint density at radius 2 is 1.89 bits per heavy atom. The van der Waals surface area contributed by atoms with Gasteiger partial charge in [-0.3, -0.25) is 4.98 Å². The first kappa shape index (κ1) is 13.0. The normalized spacial score (nSPS) is 17.8. The number of hydrogen-bond donors (Lipinski definition) is 1. The number of anilines is 2. The summed E-state index contributed by atoms with van der Waals surface area (Å²) in [6, 6.07) is 0. The third kappa shape index (κ3) is 2.88. The molecular weight excluding hydrogens is 254 g/mol. The van der Waals surface area contributed by atoms with Gasteiger partial charge in [-0.05, 0) is 0 Å². The van der Waals surface area contributed by atoms with Gasteiger partial charge in [0, 0.05) is 33.2 Å². The number of nitrogens with one attached hydrogen (secondary N) is 1. The van der Waals surface area contributed by atoms with Gasteiger partial charge >= 0.3 is 0 Å². The van der Waals surface area contributed by atoms with Gasteiger partial charge in [-0.15, -0.1) is 0 Å². The van der Waals surface area contributed by atoms with Gasteiger partial charge in [0.25, 0.3) is 0 Å². The van der Waals surface area contributed by atoms with E-state index in [0.717, 1.165) is 5.82 Å². The number of nitrogens with zero attached hydrogens (tertiary/aromatic N) is 4. The summed E-state index contributed by atoms with van der Waals surface area (Å²) in [4.78, 5) is 10.5. The topological polar surface area (TPSA) is 78.4 Å². The molecule has 0 saturated carbocycles. The van der Waals surface area contributed by atoms with Gasteiger partial charge in [0.1, 0.15) is 11.6 Å². The number of hydrogen-bond acceptors (Lipinski definition) is 6. The van der Waals surface area contributed by atoms with Crippen LogP contribution in [-0.4, -0.2) is 62.2 Å². The molecule has 0 radical (unpaired) electrons. The summed E-state index contributed by atoms with van der Waals surface area (Å²) in [5.74, 6) is 1.48. The SMILES string of the molecule is CNc1cncc(N2CCN(S(C)(=O)=O)CC2)n1. The van der Waals surface area contributed by atoms with Crippen LogP contribution in [0.25, 0.3) is 0 Å². The van der Waals surface area contributed by atoms with Crippen LogP contribution in [0, 0.1) is 0 Å². The highest BCUT2D eigenvalue weighted by atomic mass is 32.2. The van der Waals surface area contributed by atoms with Gasteiger partial charge in [0.2, 0.25) is 10.0 Å². The monoisotopic (exact) mass is 271 g/mol. The van der Waals surface area contributed by atoms with Crippen LogP contribution in [0.2, 0.25) is 0 Å². The van der Waals surface area contributed by atoms with E-state index in [-0.39, 0.29) is 0 Å². The second-order valence-corrected chi connectivity index (χ2v) is 6.14. The molecule has 1 aromatic rings. The molecule has 1 fully saturated rings. The molecule has 1 saturated heterocycles. The van der Waals surface area contributed by atoms with Crippen LogP contribution in [-0.2, 0) is 10.0 Å². The van der Waals surface area contributed by atoms with Crippen molar-refractivity contribution in [2.45, 2.75) is 0 Å². The Balaban J connectivity index is 2.05. The van der Waals surface area contributed by atoms with Crippen molar-refractivity contribution in [2.24, 2.45) is 0 Å². The molecule has 0 amide bonds. The van der Waals surface area contributed by atoms with Crippen molar-refractivity contribution >= 4 is 21.7 Å². The largest absolute Gasteiger partial charge is 0.372 e. The van der Waals surface area contributed by atoms with E-state index in [2.05, 4.69) is 15.3 Å². The van der Waals surface area contributed by atoms with Gasteiger partial charge in [0.15, 0.2) is 0 Å². The van der Waals surface area contributed by atoms with E-state index >= 15 is 0 Å². The third-order valence-electron chi connectivity index (χ3n) is 2.91. The molecule has 0 bridgehead atoms. The number of rotatable bonds is 3. The molecule has 7 nitrogen and oxygen atoms in total. The lowest BCUT2D eigenvalue weighted by molar-refractivity contribution is 0.387. The maximum Gasteiger partial charge on any atom is 0.211 e. The molecule has 100 valence electrons. The van der Waals surface area contributed by atoms with Crippen LogP contribution in [0.3, 0.4) is 0 Å². The maximum atomic E-state index is 11.4. The standard InChI is InChI=1S/C10H17N5O2S/c1-11-9-7-12-8-10(13-9)14-3-5-15(6-4-14)18(2,16)17/h7-8H,3-6H2,1-2H3,(H,11,13). The van der Waals surface area contributed by atoms with Crippen LogP contribution in [0.1, 0.15) is 0 Å². The Morgan fingerprint density at radius 3 is 2.44 bits per heavy atom. The molecule has 1 aliphatic rings. The van der Waals surface area contributed by atoms with Crippen molar-refractivity contribution in [1.82, 2.24) is 14.3 Å². The minimum Gasteiger partial charge on any atom is -0.372 e. The van der Waals surface area contributed by atoms with Crippen LogP contribution in [0.15, 0.2) is 12.4 Å². The van der Waals surface area contributed by atoms with Crippen LogP contribution in [0.4, 0.5) is 11.6 Å². The van der Waals surface area contributed by atoms with E-state index in [1.807, 2.05) is 4.90 Å². The van der Waals surface area contributed by atoms with Crippen molar-refractivity contribution in [2.75, 3.05) is 49.7 Å². The third-order valence-corrected chi connectivity index (χ3v) is 4.21. The minimum atomic E-state index is -3.09. The van der Waals surface area contributed by atoms with E-state index in [0.29, 0.717) is 32.0 Å². The molecule has 2 heterocycles. The van der Waals surface area contributed by atoms with Crippen LogP contribution >= 0.6 is 0 Å². The fourth-order valence-corrected chi connectivity index (χ4v) is 2.70. The summed E-state index contributed by atoms with van der Waals surface area (Å²) in [5, 5.41) is 2.93. The smallest absolute Gasteiger partial charge is 0.211 e. The van der Waals surface area contributed by atoms with Gasteiger partial charge < -0.3 is 10.2 Å². The lowest BCUT2D eigenvalue weighted by Crippen LogP contribution is -2.48. The van der Waals surface area contributed by atoms with Gasteiger partial charge in [0.05, 0.1) is 18.6 Å². The minimum absolute atomic E-state index is 0.490. The van der Waals surface area contributed by atoms with Crippen LogP contribution < -0.4 is 10.2 Å².